The quantitative estimate of drug-likeness (QED) is 0.268. The van der Waals surface area contributed by atoms with Gasteiger partial charge >= 0.3 is 5.97 Å². The fraction of sp³-hybridized carbons (Fsp3) is 0.457. The van der Waals surface area contributed by atoms with Crippen LogP contribution < -0.4 is 15.4 Å². The van der Waals surface area contributed by atoms with Gasteiger partial charge in [0.1, 0.15) is 23.8 Å². The van der Waals surface area contributed by atoms with E-state index in [0.29, 0.717) is 26.0 Å². The van der Waals surface area contributed by atoms with E-state index in [4.69, 9.17) is 15.2 Å². The van der Waals surface area contributed by atoms with Gasteiger partial charge in [0.2, 0.25) is 0 Å². The third-order valence-electron chi connectivity index (χ3n) is 7.47. The Morgan fingerprint density at radius 1 is 0.857 bits per heavy atom. The summed E-state index contributed by atoms with van der Waals surface area (Å²) < 4.78 is 25.0. The SMILES string of the molecule is CC(C)(C)OC(=O)CCc1cc(CCN)cc(CCc2ccccc2OCCN2CCN(c3ccc(F)cc3)CC2)c1. The number of hydrogen-bond acceptors (Lipinski definition) is 6. The van der Waals surface area contributed by atoms with Crippen LogP contribution in [0.1, 0.15) is 49.4 Å². The Labute approximate surface area is 250 Å². The van der Waals surface area contributed by atoms with Gasteiger partial charge in [0.15, 0.2) is 0 Å². The van der Waals surface area contributed by atoms with Crippen molar-refractivity contribution in [3.05, 3.63) is 94.8 Å². The Hall–Kier alpha value is -3.42. The van der Waals surface area contributed by atoms with Gasteiger partial charge in [0, 0.05) is 44.8 Å². The van der Waals surface area contributed by atoms with E-state index in [1.807, 2.05) is 39.0 Å². The fourth-order valence-corrected chi connectivity index (χ4v) is 5.37. The number of nitrogens with zero attached hydrogens (tertiary/aromatic N) is 2. The number of piperazine rings is 1. The molecule has 0 bridgehead atoms. The lowest BCUT2D eigenvalue weighted by Gasteiger charge is -2.36. The summed E-state index contributed by atoms with van der Waals surface area (Å²) in [5, 5.41) is 0. The van der Waals surface area contributed by atoms with Gasteiger partial charge in [-0.3, -0.25) is 9.69 Å². The summed E-state index contributed by atoms with van der Waals surface area (Å²) in [4.78, 5) is 17.0. The highest BCUT2D eigenvalue weighted by Gasteiger charge is 2.18. The number of para-hydroxylation sites is 1. The molecule has 4 rings (SSSR count). The maximum Gasteiger partial charge on any atom is 0.306 e. The first-order valence-corrected chi connectivity index (χ1v) is 15.2. The molecule has 0 unspecified atom stereocenters. The minimum absolute atomic E-state index is 0.172. The summed E-state index contributed by atoms with van der Waals surface area (Å²) in [6.07, 6.45) is 3.57. The van der Waals surface area contributed by atoms with Crippen molar-refractivity contribution >= 4 is 11.7 Å². The number of nitrogens with two attached hydrogens (primary N) is 1. The number of rotatable bonds is 13. The maximum absolute atomic E-state index is 13.3. The standard InChI is InChI=1S/C35H46FN3O3/c1-35(2,3)42-34(40)15-9-28-24-27(25-29(26-28)16-17-37)8-10-30-6-4-5-7-33(30)41-23-22-38-18-20-39(21-19-38)32-13-11-31(36)12-14-32/h4-7,11-14,24-26H,8-10,15-23,37H2,1-3H3. The van der Waals surface area contributed by atoms with Crippen LogP contribution in [0.3, 0.4) is 0 Å². The largest absolute Gasteiger partial charge is 0.492 e. The molecular weight excluding hydrogens is 529 g/mol. The molecule has 1 saturated heterocycles. The van der Waals surface area contributed by atoms with Crippen molar-refractivity contribution in [2.45, 2.75) is 58.5 Å². The summed E-state index contributed by atoms with van der Waals surface area (Å²) >= 11 is 0. The molecule has 1 fully saturated rings. The number of ether oxygens (including phenoxy) is 2. The summed E-state index contributed by atoms with van der Waals surface area (Å²) in [5.74, 6) is 0.565. The van der Waals surface area contributed by atoms with E-state index < -0.39 is 5.60 Å². The number of aryl methyl sites for hydroxylation is 3. The first-order valence-electron chi connectivity index (χ1n) is 15.2. The van der Waals surface area contributed by atoms with Gasteiger partial charge in [-0.1, -0.05) is 36.4 Å². The highest BCUT2D eigenvalue weighted by Crippen LogP contribution is 2.22. The zero-order chi connectivity index (χ0) is 30.0. The molecular formula is C35H46FN3O3. The zero-order valence-electron chi connectivity index (χ0n) is 25.4. The molecule has 42 heavy (non-hydrogen) atoms. The third-order valence-corrected chi connectivity index (χ3v) is 7.47. The van der Waals surface area contributed by atoms with E-state index in [0.717, 1.165) is 69.0 Å². The van der Waals surface area contributed by atoms with E-state index in [1.165, 1.54) is 28.8 Å². The molecule has 0 aliphatic carbocycles. The van der Waals surface area contributed by atoms with E-state index in [2.05, 4.69) is 46.2 Å². The van der Waals surface area contributed by atoms with Crippen LogP contribution >= 0.6 is 0 Å². The molecule has 1 aliphatic rings. The van der Waals surface area contributed by atoms with Crippen LogP contribution in [0, 0.1) is 5.82 Å². The topological polar surface area (TPSA) is 68.0 Å². The number of hydrogen-bond donors (Lipinski definition) is 1. The van der Waals surface area contributed by atoms with E-state index in [9.17, 15) is 9.18 Å². The van der Waals surface area contributed by atoms with Gasteiger partial charge in [0.05, 0.1) is 0 Å². The summed E-state index contributed by atoms with van der Waals surface area (Å²) in [5.41, 5.74) is 11.3. The lowest BCUT2D eigenvalue weighted by atomic mass is 9.96. The van der Waals surface area contributed by atoms with Crippen LogP contribution in [0.25, 0.3) is 0 Å². The molecule has 226 valence electrons. The molecule has 3 aromatic rings. The first-order chi connectivity index (χ1) is 20.2. The van der Waals surface area contributed by atoms with Crippen molar-refractivity contribution in [2.24, 2.45) is 5.73 Å². The summed E-state index contributed by atoms with van der Waals surface area (Å²) in [6.45, 7) is 11.5. The van der Waals surface area contributed by atoms with Crippen LogP contribution in [0.4, 0.5) is 10.1 Å². The number of anilines is 1. The van der Waals surface area contributed by atoms with E-state index in [-0.39, 0.29) is 11.8 Å². The predicted octanol–water partition coefficient (Wildman–Crippen LogP) is 5.59. The maximum atomic E-state index is 13.3. The number of carbonyl (C=O) groups is 1. The fourth-order valence-electron chi connectivity index (χ4n) is 5.37. The Balaban J connectivity index is 1.28. The van der Waals surface area contributed by atoms with Gasteiger partial charge in [0.25, 0.3) is 0 Å². The zero-order valence-corrected chi connectivity index (χ0v) is 25.4. The Morgan fingerprint density at radius 2 is 1.50 bits per heavy atom. The number of benzene rings is 3. The third kappa shape index (κ3) is 10.1. The molecule has 6 nitrogen and oxygen atoms in total. The lowest BCUT2D eigenvalue weighted by molar-refractivity contribution is -0.154. The first kappa shape index (κ1) is 31.5. The van der Waals surface area contributed by atoms with Crippen LogP contribution in [0.2, 0.25) is 0 Å². The lowest BCUT2D eigenvalue weighted by Crippen LogP contribution is -2.47. The van der Waals surface area contributed by atoms with Crippen molar-refractivity contribution in [2.75, 3.05) is 50.8 Å². The Kier molecular flexibility index (Phi) is 11.4. The molecule has 0 aromatic heterocycles. The number of halogens is 1. The molecule has 0 saturated carbocycles. The molecule has 2 N–H and O–H groups in total. The van der Waals surface area contributed by atoms with E-state index in [1.54, 1.807) is 0 Å². The average molecular weight is 576 g/mol. The van der Waals surface area contributed by atoms with Gasteiger partial charge in [-0.25, -0.2) is 4.39 Å². The van der Waals surface area contributed by atoms with Crippen molar-refractivity contribution < 1.29 is 18.7 Å². The number of carbonyl (C=O) groups excluding carboxylic acids is 1. The summed E-state index contributed by atoms with van der Waals surface area (Å²) in [7, 11) is 0. The van der Waals surface area contributed by atoms with Gasteiger partial charge in [-0.15, -0.1) is 0 Å². The molecule has 7 heteroatoms. The minimum atomic E-state index is -0.473. The van der Waals surface area contributed by atoms with Crippen molar-refractivity contribution in [1.29, 1.82) is 0 Å². The van der Waals surface area contributed by atoms with Crippen molar-refractivity contribution in [3.8, 4) is 5.75 Å². The van der Waals surface area contributed by atoms with Crippen LogP contribution in [-0.4, -0.2) is 62.3 Å². The number of esters is 1. The highest BCUT2D eigenvalue weighted by atomic mass is 19.1. The van der Waals surface area contributed by atoms with E-state index >= 15 is 0 Å². The molecule has 3 aromatic carbocycles. The normalized spacial score (nSPS) is 14.2. The molecule has 0 spiro atoms. The molecule has 1 aliphatic heterocycles. The van der Waals surface area contributed by atoms with Gasteiger partial charge < -0.3 is 20.1 Å². The second-order valence-electron chi connectivity index (χ2n) is 12.0. The summed E-state index contributed by atoms with van der Waals surface area (Å²) in [6, 6.07) is 21.6. The van der Waals surface area contributed by atoms with Gasteiger partial charge in [-0.2, -0.15) is 0 Å². The second kappa shape index (κ2) is 15.2. The second-order valence-corrected chi connectivity index (χ2v) is 12.0. The van der Waals surface area contributed by atoms with Crippen molar-refractivity contribution in [3.63, 3.8) is 0 Å². The molecule has 1 heterocycles. The van der Waals surface area contributed by atoms with Crippen LogP contribution in [-0.2, 0) is 35.2 Å². The molecule has 0 amide bonds. The van der Waals surface area contributed by atoms with Gasteiger partial charge in [-0.05, 0) is 106 Å². The molecule has 0 radical (unpaired) electrons. The minimum Gasteiger partial charge on any atom is -0.492 e. The smallest absolute Gasteiger partial charge is 0.306 e. The average Bonchev–Trinajstić information content (AvgIpc) is 2.96. The predicted molar refractivity (Wildman–Crippen MR) is 168 cm³/mol. The van der Waals surface area contributed by atoms with Crippen LogP contribution in [0.15, 0.2) is 66.7 Å². The Bertz CT molecular complexity index is 1280. The highest BCUT2D eigenvalue weighted by molar-refractivity contribution is 5.70. The Morgan fingerprint density at radius 3 is 2.17 bits per heavy atom. The van der Waals surface area contributed by atoms with Crippen LogP contribution in [0.5, 0.6) is 5.75 Å². The molecule has 0 atom stereocenters. The monoisotopic (exact) mass is 575 g/mol. The van der Waals surface area contributed by atoms with Crippen molar-refractivity contribution in [1.82, 2.24) is 4.90 Å².